The van der Waals surface area contributed by atoms with E-state index in [9.17, 15) is 0 Å². The summed E-state index contributed by atoms with van der Waals surface area (Å²) in [5.74, 6) is 0. The fourth-order valence-electron chi connectivity index (χ4n) is 0.999. The van der Waals surface area contributed by atoms with E-state index in [2.05, 4.69) is 60.8 Å². The lowest BCUT2D eigenvalue weighted by Gasteiger charge is -1.80. The first kappa shape index (κ1) is 9.79. The average Bonchev–Trinajstić information content (AvgIpc) is 2.18. The molecular formula is C13H15. The maximum absolute atomic E-state index is 3.20. The number of hydrogen-bond acceptors (Lipinski definition) is 0. The average molecular weight is 171 g/mol. The monoisotopic (exact) mass is 171 g/mol. The van der Waals surface area contributed by atoms with Gasteiger partial charge in [0.15, 0.2) is 0 Å². The van der Waals surface area contributed by atoms with Crippen LogP contribution in [0.15, 0.2) is 54.7 Å². The van der Waals surface area contributed by atoms with Crippen molar-refractivity contribution in [1.29, 1.82) is 0 Å². The van der Waals surface area contributed by atoms with Crippen molar-refractivity contribution in [3.05, 3.63) is 60.8 Å². The topological polar surface area (TPSA) is 0 Å². The summed E-state index contributed by atoms with van der Waals surface area (Å²) in [6.45, 7) is 0. The normalized spacial score (nSPS) is 17.8. The predicted molar refractivity (Wildman–Crippen MR) is 58.2 cm³/mol. The maximum Gasteiger partial charge on any atom is -0.00946 e. The lowest BCUT2D eigenvalue weighted by atomic mass is 10.3. The molecule has 0 fully saturated rings. The molecule has 1 aliphatic rings. The van der Waals surface area contributed by atoms with Crippen molar-refractivity contribution in [1.82, 2.24) is 0 Å². The molecule has 0 aromatic heterocycles. The summed E-state index contributed by atoms with van der Waals surface area (Å²) in [4.78, 5) is 0. The van der Waals surface area contributed by atoms with Crippen molar-refractivity contribution in [2.24, 2.45) is 0 Å². The van der Waals surface area contributed by atoms with Gasteiger partial charge in [0.25, 0.3) is 0 Å². The fourth-order valence-corrected chi connectivity index (χ4v) is 0.999. The Balaban J connectivity index is 2.49. The third-order valence-electron chi connectivity index (χ3n) is 1.67. The Kier molecular flexibility index (Phi) is 5.54. The molecule has 0 spiro atoms. The minimum atomic E-state index is 0.908. The van der Waals surface area contributed by atoms with Gasteiger partial charge in [0.05, 0.1) is 0 Å². The third kappa shape index (κ3) is 5.92. The zero-order chi connectivity index (χ0) is 9.19. The quantitative estimate of drug-likeness (QED) is 0.520. The molecule has 0 N–H and O–H groups in total. The van der Waals surface area contributed by atoms with Gasteiger partial charge in [-0.25, -0.2) is 0 Å². The number of hydrogen-bond donors (Lipinski definition) is 0. The van der Waals surface area contributed by atoms with Crippen molar-refractivity contribution in [3.63, 3.8) is 0 Å². The molecule has 0 aromatic carbocycles. The van der Waals surface area contributed by atoms with E-state index in [0.717, 1.165) is 19.3 Å². The van der Waals surface area contributed by atoms with Gasteiger partial charge >= 0.3 is 0 Å². The molecule has 0 aliphatic heterocycles. The largest absolute Gasteiger partial charge is 0.0808 e. The SMILES string of the molecule is [C]1=CCC=CC=CCC=CC=CC1. The Labute approximate surface area is 80.7 Å². The highest BCUT2D eigenvalue weighted by Gasteiger charge is 1.74. The lowest BCUT2D eigenvalue weighted by molar-refractivity contribution is 1.27. The van der Waals surface area contributed by atoms with Gasteiger partial charge in [0.2, 0.25) is 0 Å². The Bertz CT molecular complexity index is 223. The lowest BCUT2D eigenvalue weighted by Crippen LogP contribution is -1.61. The summed E-state index contributed by atoms with van der Waals surface area (Å²) in [6, 6.07) is 0. The van der Waals surface area contributed by atoms with E-state index < -0.39 is 0 Å². The van der Waals surface area contributed by atoms with Gasteiger partial charge in [-0.15, -0.1) is 0 Å². The van der Waals surface area contributed by atoms with Gasteiger partial charge in [0.1, 0.15) is 0 Å². The molecule has 67 valence electrons. The van der Waals surface area contributed by atoms with Crippen molar-refractivity contribution >= 4 is 0 Å². The first-order valence-corrected chi connectivity index (χ1v) is 4.68. The Morgan fingerprint density at radius 2 is 1.31 bits per heavy atom. The Hall–Kier alpha value is -1.30. The van der Waals surface area contributed by atoms with E-state index in [1.807, 2.05) is 0 Å². The molecule has 0 unspecified atom stereocenters. The van der Waals surface area contributed by atoms with E-state index in [4.69, 9.17) is 0 Å². The smallest absolute Gasteiger partial charge is 0.00946 e. The molecule has 0 bridgehead atoms. The van der Waals surface area contributed by atoms with Crippen LogP contribution in [0.25, 0.3) is 0 Å². The van der Waals surface area contributed by atoms with Gasteiger partial charge in [-0.1, -0.05) is 54.7 Å². The molecule has 13 heavy (non-hydrogen) atoms. The summed E-state index contributed by atoms with van der Waals surface area (Å²) in [5, 5.41) is 0. The molecule has 0 heterocycles. The second-order valence-corrected chi connectivity index (χ2v) is 2.80. The highest BCUT2D eigenvalue weighted by atomic mass is 13.8. The van der Waals surface area contributed by atoms with Crippen LogP contribution in [0.5, 0.6) is 0 Å². The van der Waals surface area contributed by atoms with Crippen molar-refractivity contribution in [2.75, 3.05) is 0 Å². The second kappa shape index (κ2) is 7.35. The molecule has 0 atom stereocenters. The van der Waals surface area contributed by atoms with Crippen LogP contribution in [0.3, 0.4) is 0 Å². The molecule has 1 aliphatic carbocycles. The standard InChI is InChI=1S/C13H15/c1-2-4-6-8-10-12-13-11-9-7-5-3-1/h1-4,7-9,11,13H,5-6,12H2. The zero-order valence-corrected chi connectivity index (χ0v) is 7.82. The Morgan fingerprint density at radius 3 is 2.08 bits per heavy atom. The van der Waals surface area contributed by atoms with Gasteiger partial charge in [-0.3, -0.25) is 0 Å². The first-order valence-electron chi connectivity index (χ1n) is 4.68. The van der Waals surface area contributed by atoms with Crippen LogP contribution in [0, 0.1) is 6.08 Å². The summed E-state index contributed by atoms with van der Waals surface area (Å²) >= 11 is 0. The highest BCUT2D eigenvalue weighted by Crippen LogP contribution is 1.94. The van der Waals surface area contributed by atoms with Crippen LogP contribution in [-0.2, 0) is 0 Å². The fraction of sp³-hybridized carbons (Fsp3) is 0.231. The van der Waals surface area contributed by atoms with E-state index in [0.29, 0.717) is 0 Å². The minimum Gasteiger partial charge on any atom is -0.0808 e. The van der Waals surface area contributed by atoms with Gasteiger partial charge in [-0.2, -0.15) is 0 Å². The van der Waals surface area contributed by atoms with Crippen molar-refractivity contribution in [3.8, 4) is 0 Å². The highest BCUT2D eigenvalue weighted by molar-refractivity contribution is 5.10. The molecule has 0 saturated carbocycles. The number of rotatable bonds is 0. The van der Waals surface area contributed by atoms with Gasteiger partial charge in [-0.05, 0) is 25.3 Å². The predicted octanol–water partition coefficient (Wildman–Crippen LogP) is 3.75. The molecule has 0 nitrogen and oxygen atoms in total. The van der Waals surface area contributed by atoms with Crippen molar-refractivity contribution < 1.29 is 0 Å². The molecule has 0 aromatic rings. The zero-order valence-electron chi connectivity index (χ0n) is 7.82. The van der Waals surface area contributed by atoms with E-state index in [1.165, 1.54) is 0 Å². The van der Waals surface area contributed by atoms with Gasteiger partial charge < -0.3 is 0 Å². The van der Waals surface area contributed by atoms with Crippen LogP contribution in [0.2, 0.25) is 0 Å². The van der Waals surface area contributed by atoms with Crippen LogP contribution in [-0.4, -0.2) is 0 Å². The van der Waals surface area contributed by atoms with Crippen LogP contribution in [0.4, 0.5) is 0 Å². The summed E-state index contributed by atoms with van der Waals surface area (Å²) in [7, 11) is 0. The number of allylic oxidation sites excluding steroid dienone is 10. The van der Waals surface area contributed by atoms with E-state index in [1.54, 1.807) is 0 Å². The molecule has 1 radical (unpaired) electrons. The molecule has 0 amide bonds. The van der Waals surface area contributed by atoms with Gasteiger partial charge in [0, 0.05) is 0 Å². The maximum atomic E-state index is 3.20. The van der Waals surface area contributed by atoms with Crippen molar-refractivity contribution in [2.45, 2.75) is 19.3 Å². The third-order valence-corrected chi connectivity index (χ3v) is 1.67. The summed E-state index contributed by atoms with van der Waals surface area (Å²) in [6.07, 6.45) is 25.0. The summed E-state index contributed by atoms with van der Waals surface area (Å²) in [5.41, 5.74) is 0. The van der Waals surface area contributed by atoms with E-state index >= 15 is 0 Å². The molecule has 1 rings (SSSR count). The Morgan fingerprint density at radius 1 is 0.692 bits per heavy atom. The summed E-state index contributed by atoms with van der Waals surface area (Å²) < 4.78 is 0. The molecular weight excluding hydrogens is 156 g/mol. The van der Waals surface area contributed by atoms with E-state index in [-0.39, 0.29) is 0 Å². The molecule has 0 heteroatoms. The van der Waals surface area contributed by atoms with Crippen LogP contribution in [0.1, 0.15) is 19.3 Å². The van der Waals surface area contributed by atoms with Crippen LogP contribution < -0.4 is 0 Å². The minimum absolute atomic E-state index is 0.908. The molecule has 0 saturated heterocycles. The second-order valence-electron chi connectivity index (χ2n) is 2.80. The first-order chi connectivity index (χ1) is 6.50. The van der Waals surface area contributed by atoms with Crippen LogP contribution >= 0.6 is 0 Å².